The zero-order valence-electron chi connectivity index (χ0n) is 24.2. The first kappa shape index (κ1) is 30.8. The van der Waals surface area contributed by atoms with Crippen molar-refractivity contribution in [3.8, 4) is 11.5 Å². The number of aromatic nitrogens is 1. The number of allylic oxidation sites excluding steroid dienone is 1. The molecule has 226 valence electrons. The predicted octanol–water partition coefficient (Wildman–Crippen LogP) is 5.13. The molecule has 0 bridgehead atoms. The molecule has 0 fully saturated rings. The van der Waals surface area contributed by atoms with Crippen molar-refractivity contribution in [2.75, 3.05) is 13.7 Å². The Morgan fingerprint density at radius 3 is 2.43 bits per heavy atom. The van der Waals surface area contributed by atoms with Gasteiger partial charge in [-0.15, -0.1) is 0 Å². The highest BCUT2D eigenvalue weighted by Gasteiger charge is 2.33. The zero-order chi connectivity index (χ0) is 31.4. The molecule has 0 aliphatic carbocycles. The van der Waals surface area contributed by atoms with Gasteiger partial charge in [-0.1, -0.05) is 72.3 Å². The van der Waals surface area contributed by atoms with Crippen LogP contribution in [0.1, 0.15) is 53.4 Å². The summed E-state index contributed by atoms with van der Waals surface area (Å²) in [6.07, 6.45) is 2.19. The molecule has 1 aliphatic heterocycles. The lowest BCUT2D eigenvalue weighted by Gasteiger charge is -2.25. The van der Waals surface area contributed by atoms with Crippen LogP contribution in [0, 0.1) is 0 Å². The molecule has 0 saturated carbocycles. The average Bonchev–Trinajstić information content (AvgIpc) is 3.34. The number of carboxylic acid groups (broad SMARTS) is 1. The van der Waals surface area contributed by atoms with Crippen LogP contribution >= 0.6 is 22.9 Å². The smallest absolute Gasteiger partial charge is 0.338 e. The number of aromatic carboxylic acids is 1. The van der Waals surface area contributed by atoms with Crippen LogP contribution in [0.2, 0.25) is 5.02 Å². The lowest BCUT2D eigenvalue weighted by molar-refractivity contribution is -0.136. The van der Waals surface area contributed by atoms with Crippen molar-refractivity contribution < 1.29 is 28.9 Å². The Morgan fingerprint density at radius 2 is 1.80 bits per heavy atom. The molecule has 1 atom stereocenters. The van der Waals surface area contributed by atoms with Gasteiger partial charge in [0, 0.05) is 0 Å². The Bertz CT molecular complexity index is 1930. The molecule has 1 N–H and O–H groups in total. The molecule has 0 saturated heterocycles. The number of benzene rings is 3. The van der Waals surface area contributed by atoms with E-state index in [4.69, 9.17) is 35.9 Å². The number of thiazole rings is 1. The fourth-order valence-corrected chi connectivity index (χ4v) is 6.23. The molecule has 5 rings (SSSR count). The molecule has 1 aromatic heterocycles. The van der Waals surface area contributed by atoms with E-state index in [0.29, 0.717) is 50.7 Å². The minimum atomic E-state index is -1.01. The Balaban J connectivity index is 1.56. The molecular weight excluding hydrogens is 604 g/mol. The van der Waals surface area contributed by atoms with Gasteiger partial charge in [0.2, 0.25) is 0 Å². The van der Waals surface area contributed by atoms with Crippen molar-refractivity contribution in [3.05, 3.63) is 125 Å². The Hall–Kier alpha value is -4.67. The number of carbonyl (C=O) groups is 2. The quantitative estimate of drug-likeness (QED) is 0.241. The van der Waals surface area contributed by atoms with Crippen LogP contribution in [0.3, 0.4) is 0 Å². The van der Waals surface area contributed by atoms with Gasteiger partial charge in [0.15, 0.2) is 16.3 Å². The Morgan fingerprint density at radius 1 is 1.07 bits per heavy atom. The molecule has 11 heteroatoms. The average molecular weight is 633 g/mol. The molecule has 9 nitrogen and oxygen atoms in total. The van der Waals surface area contributed by atoms with Gasteiger partial charge < -0.3 is 19.3 Å². The second-order valence-corrected chi connectivity index (χ2v) is 11.2. The van der Waals surface area contributed by atoms with Gasteiger partial charge in [-0.25, -0.2) is 14.6 Å². The third kappa shape index (κ3) is 6.17. The molecular formula is C33H29ClN2O7S. The molecule has 0 unspecified atom stereocenters. The highest BCUT2D eigenvalue weighted by Crippen LogP contribution is 2.38. The third-order valence-corrected chi connectivity index (χ3v) is 8.24. The largest absolute Gasteiger partial charge is 0.490 e. The van der Waals surface area contributed by atoms with Crippen LogP contribution in [0.4, 0.5) is 0 Å². The van der Waals surface area contributed by atoms with Gasteiger partial charge in [0.05, 0.1) is 46.1 Å². The first-order valence-electron chi connectivity index (χ1n) is 13.8. The van der Waals surface area contributed by atoms with Gasteiger partial charge in [-0.2, -0.15) is 0 Å². The Labute approximate surface area is 261 Å². The molecule has 1 aliphatic rings. The van der Waals surface area contributed by atoms with Crippen LogP contribution in [-0.4, -0.2) is 35.3 Å². The number of rotatable bonds is 10. The number of methoxy groups -OCH3 is 1. The fourth-order valence-electron chi connectivity index (χ4n) is 4.94. The van der Waals surface area contributed by atoms with E-state index in [9.17, 15) is 14.4 Å². The number of carboxylic acids is 1. The monoisotopic (exact) mass is 632 g/mol. The van der Waals surface area contributed by atoms with Gasteiger partial charge in [0.1, 0.15) is 6.61 Å². The van der Waals surface area contributed by atoms with E-state index in [2.05, 4.69) is 0 Å². The van der Waals surface area contributed by atoms with Crippen molar-refractivity contribution in [2.45, 2.75) is 32.9 Å². The first-order chi connectivity index (χ1) is 21.2. The third-order valence-electron chi connectivity index (χ3n) is 6.98. The normalized spacial score (nSPS) is 14.5. The van der Waals surface area contributed by atoms with Crippen molar-refractivity contribution in [1.82, 2.24) is 4.57 Å². The van der Waals surface area contributed by atoms with Crippen LogP contribution in [0.25, 0.3) is 6.08 Å². The summed E-state index contributed by atoms with van der Waals surface area (Å²) < 4.78 is 18.9. The highest BCUT2D eigenvalue weighted by molar-refractivity contribution is 7.07. The summed E-state index contributed by atoms with van der Waals surface area (Å²) in [5.74, 6) is -0.818. The number of esters is 1. The number of halogens is 1. The van der Waals surface area contributed by atoms with Crippen LogP contribution < -0.4 is 24.4 Å². The summed E-state index contributed by atoms with van der Waals surface area (Å²) in [5, 5.41) is 9.41. The maximum atomic E-state index is 13.9. The van der Waals surface area contributed by atoms with E-state index < -0.39 is 18.0 Å². The minimum Gasteiger partial charge on any atom is -0.490 e. The predicted molar refractivity (Wildman–Crippen MR) is 167 cm³/mol. The van der Waals surface area contributed by atoms with Crippen LogP contribution in [0.15, 0.2) is 87.8 Å². The maximum absolute atomic E-state index is 13.9. The number of fused-ring (bicyclic) bond motifs is 1. The van der Waals surface area contributed by atoms with Crippen molar-refractivity contribution >= 4 is 41.0 Å². The second-order valence-electron chi connectivity index (χ2n) is 9.75. The van der Waals surface area contributed by atoms with Crippen molar-refractivity contribution in [1.29, 1.82) is 0 Å². The number of nitrogens with zero attached hydrogens (tertiary/aromatic N) is 2. The first-order valence-corrected chi connectivity index (χ1v) is 15.0. The highest BCUT2D eigenvalue weighted by atomic mass is 35.5. The maximum Gasteiger partial charge on any atom is 0.338 e. The molecule has 0 spiro atoms. The van der Waals surface area contributed by atoms with Crippen LogP contribution in [-0.2, 0) is 16.1 Å². The molecule has 44 heavy (non-hydrogen) atoms. The summed E-state index contributed by atoms with van der Waals surface area (Å²) in [7, 11) is 1.32. The summed E-state index contributed by atoms with van der Waals surface area (Å²) in [5.41, 5.74) is 2.91. The van der Waals surface area contributed by atoms with E-state index in [1.165, 1.54) is 35.1 Å². The van der Waals surface area contributed by atoms with Gasteiger partial charge >= 0.3 is 11.9 Å². The topological polar surface area (TPSA) is 116 Å². The molecule has 3 aromatic carbocycles. The Kier molecular flexibility index (Phi) is 9.32. The van der Waals surface area contributed by atoms with Crippen LogP contribution in [0.5, 0.6) is 11.5 Å². The van der Waals surface area contributed by atoms with E-state index in [0.717, 1.165) is 11.1 Å². The summed E-state index contributed by atoms with van der Waals surface area (Å²) in [4.78, 5) is 43.2. The SMILES string of the molecule is CCOc1cc(/C=c2\sc3n(c2=O)[C@@H](c2ccccc2)C(C(=O)OC)=C(CC)N=3)cc(Cl)c1OCc1ccc(C(=O)O)cc1. The fraction of sp³-hybridized carbons (Fsp3) is 0.212. The minimum absolute atomic E-state index is 0.138. The molecule has 0 radical (unpaired) electrons. The van der Waals surface area contributed by atoms with Crippen molar-refractivity contribution in [2.24, 2.45) is 4.99 Å². The van der Waals surface area contributed by atoms with E-state index in [1.54, 1.807) is 30.3 Å². The number of hydrogen-bond donors (Lipinski definition) is 1. The second kappa shape index (κ2) is 13.3. The lowest BCUT2D eigenvalue weighted by atomic mass is 9.95. The van der Waals surface area contributed by atoms with E-state index in [-0.39, 0.29) is 22.8 Å². The van der Waals surface area contributed by atoms with E-state index >= 15 is 0 Å². The number of carbonyl (C=O) groups excluding carboxylic acids is 1. The van der Waals surface area contributed by atoms with Gasteiger partial charge in [-0.3, -0.25) is 9.36 Å². The zero-order valence-corrected chi connectivity index (χ0v) is 25.8. The molecule has 4 aromatic rings. The molecule has 2 heterocycles. The standard InChI is InChI=1S/C33H29ClN2O7S/c1-4-24-27(32(40)41-3)28(21-9-7-6-8-10-21)36-30(37)26(44-33(36)35-24)17-20-15-23(34)29(25(16-20)42-5-2)43-18-19-11-13-22(14-12-19)31(38)39/h6-17,28H,4-5,18H2,1-3H3,(H,38,39)/b26-17-/t28-/m0/s1. The summed E-state index contributed by atoms with van der Waals surface area (Å²) in [6, 6.07) is 18.4. The summed E-state index contributed by atoms with van der Waals surface area (Å²) >= 11 is 7.88. The number of ether oxygens (including phenoxy) is 3. The van der Waals surface area contributed by atoms with E-state index in [1.807, 2.05) is 44.2 Å². The lowest BCUT2D eigenvalue weighted by Crippen LogP contribution is -2.40. The molecule has 0 amide bonds. The summed E-state index contributed by atoms with van der Waals surface area (Å²) in [6.45, 7) is 4.23. The van der Waals surface area contributed by atoms with Gasteiger partial charge in [-0.05, 0) is 60.4 Å². The van der Waals surface area contributed by atoms with Crippen molar-refractivity contribution in [3.63, 3.8) is 0 Å². The number of hydrogen-bond acceptors (Lipinski definition) is 8. The van der Waals surface area contributed by atoms with Gasteiger partial charge in [0.25, 0.3) is 5.56 Å².